The van der Waals surface area contributed by atoms with Crippen molar-refractivity contribution in [3.8, 4) is 6.07 Å². The lowest BCUT2D eigenvalue weighted by Gasteiger charge is -2.03. The Morgan fingerprint density at radius 1 is 1.57 bits per heavy atom. The molecule has 1 N–H and O–H groups in total. The van der Waals surface area contributed by atoms with Gasteiger partial charge in [0.2, 0.25) is 10.0 Å². The molecule has 0 aromatic carbocycles. The average molecular weight is 214 g/mol. The monoisotopic (exact) mass is 214 g/mol. The van der Waals surface area contributed by atoms with Crippen molar-refractivity contribution in [1.29, 1.82) is 5.26 Å². The second-order valence-electron chi connectivity index (χ2n) is 2.58. The van der Waals surface area contributed by atoms with Gasteiger partial charge >= 0.3 is 0 Å². The van der Waals surface area contributed by atoms with Crippen molar-refractivity contribution < 1.29 is 8.42 Å². The molecule has 1 heterocycles. The van der Waals surface area contributed by atoms with Crippen LogP contribution in [0.5, 0.6) is 0 Å². The molecule has 7 heteroatoms. The van der Waals surface area contributed by atoms with Crippen molar-refractivity contribution >= 4 is 10.0 Å². The molecule has 0 aliphatic rings. The summed E-state index contributed by atoms with van der Waals surface area (Å²) < 4.78 is 25.9. The van der Waals surface area contributed by atoms with Gasteiger partial charge in [-0.05, 0) is 6.07 Å². The fourth-order valence-electron chi connectivity index (χ4n) is 0.884. The molecule has 14 heavy (non-hydrogen) atoms. The third-order valence-electron chi connectivity index (χ3n) is 1.48. The third kappa shape index (κ3) is 3.55. The first-order valence-electron chi connectivity index (χ1n) is 3.96. The van der Waals surface area contributed by atoms with Gasteiger partial charge in [0.1, 0.15) is 0 Å². The fraction of sp³-hybridized carbons (Fsp3) is 0.429. The van der Waals surface area contributed by atoms with Crippen molar-refractivity contribution in [2.24, 2.45) is 0 Å². The zero-order valence-electron chi connectivity index (χ0n) is 7.42. The summed E-state index contributed by atoms with van der Waals surface area (Å²) in [6.07, 6.45) is 3.35. The Labute approximate surface area is 82.2 Å². The van der Waals surface area contributed by atoms with Crippen molar-refractivity contribution in [3.05, 3.63) is 18.5 Å². The quantitative estimate of drug-likeness (QED) is 0.703. The van der Waals surface area contributed by atoms with E-state index in [0.29, 0.717) is 6.54 Å². The van der Waals surface area contributed by atoms with E-state index in [1.54, 1.807) is 29.2 Å². The first kappa shape index (κ1) is 10.7. The van der Waals surface area contributed by atoms with E-state index in [2.05, 4.69) is 9.82 Å². The number of nitrogens with one attached hydrogen (secondary N) is 1. The molecule has 0 radical (unpaired) electrons. The largest absolute Gasteiger partial charge is 0.271 e. The molecule has 6 nitrogen and oxygen atoms in total. The summed E-state index contributed by atoms with van der Waals surface area (Å²) in [6, 6.07) is 3.33. The maximum absolute atomic E-state index is 11.0. The number of rotatable bonds is 5. The second kappa shape index (κ2) is 4.74. The smallest absolute Gasteiger partial charge is 0.225 e. The molecule has 0 amide bonds. The van der Waals surface area contributed by atoms with Crippen LogP contribution < -0.4 is 4.72 Å². The van der Waals surface area contributed by atoms with Gasteiger partial charge in [0.25, 0.3) is 0 Å². The molecule has 0 saturated carbocycles. The van der Waals surface area contributed by atoms with Crippen molar-refractivity contribution in [2.75, 3.05) is 12.3 Å². The molecule has 1 aromatic rings. The highest BCUT2D eigenvalue weighted by Crippen LogP contribution is 1.85. The first-order valence-corrected chi connectivity index (χ1v) is 5.61. The second-order valence-corrected chi connectivity index (χ2v) is 4.39. The molecule has 1 rings (SSSR count). The lowest BCUT2D eigenvalue weighted by atomic mass is 10.6. The van der Waals surface area contributed by atoms with Crippen molar-refractivity contribution in [2.45, 2.75) is 6.54 Å². The number of nitriles is 1. The van der Waals surface area contributed by atoms with Crippen LogP contribution >= 0.6 is 0 Å². The summed E-state index contributed by atoms with van der Waals surface area (Å²) in [7, 11) is -3.44. The Hall–Kier alpha value is -1.39. The Kier molecular flexibility index (Phi) is 3.62. The maximum Gasteiger partial charge on any atom is 0.225 e. The van der Waals surface area contributed by atoms with Crippen molar-refractivity contribution in [3.63, 3.8) is 0 Å². The zero-order valence-corrected chi connectivity index (χ0v) is 8.24. The Morgan fingerprint density at radius 3 is 2.93 bits per heavy atom. The van der Waals surface area contributed by atoms with E-state index in [-0.39, 0.29) is 6.54 Å². The lowest BCUT2D eigenvalue weighted by Crippen LogP contribution is -2.29. The van der Waals surface area contributed by atoms with Crippen LogP contribution in [0.3, 0.4) is 0 Å². The van der Waals surface area contributed by atoms with Gasteiger partial charge in [-0.15, -0.1) is 0 Å². The molecule has 0 unspecified atom stereocenters. The first-order chi connectivity index (χ1) is 6.64. The molecule has 0 aliphatic carbocycles. The zero-order chi connectivity index (χ0) is 10.4. The summed E-state index contributed by atoms with van der Waals surface area (Å²) in [4.78, 5) is 0. The molecular formula is C7H10N4O2S. The molecular weight excluding hydrogens is 204 g/mol. The number of nitrogens with zero attached hydrogens (tertiary/aromatic N) is 3. The van der Waals surface area contributed by atoms with Gasteiger partial charge in [-0.1, -0.05) is 0 Å². The highest BCUT2D eigenvalue weighted by Gasteiger charge is 2.07. The molecule has 0 saturated heterocycles. The van der Waals surface area contributed by atoms with Crippen LogP contribution in [0.2, 0.25) is 0 Å². The number of hydrogen-bond donors (Lipinski definition) is 1. The van der Waals surface area contributed by atoms with E-state index in [1.165, 1.54) is 0 Å². The van der Waals surface area contributed by atoms with E-state index in [9.17, 15) is 8.42 Å². The summed E-state index contributed by atoms with van der Waals surface area (Å²) in [5, 5.41) is 12.1. The molecule has 0 bridgehead atoms. The van der Waals surface area contributed by atoms with Gasteiger partial charge in [0, 0.05) is 18.9 Å². The fourth-order valence-corrected chi connectivity index (χ4v) is 1.56. The van der Waals surface area contributed by atoms with Crippen LogP contribution in [0, 0.1) is 11.3 Å². The van der Waals surface area contributed by atoms with Crippen LogP contribution in [-0.4, -0.2) is 30.5 Å². The molecule has 0 spiro atoms. The van der Waals surface area contributed by atoms with Crippen LogP contribution in [0.1, 0.15) is 0 Å². The van der Waals surface area contributed by atoms with E-state index in [0.717, 1.165) is 0 Å². The summed E-state index contributed by atoms with van der Waals surface area (Å²) in [5.74, 6) is -0.508. The van der Waals surface area contributed by atoms with Gasteiger partial charge in [-0.2, -0.15) is 10.4 Å². The number of sulfonamides is 1. The van der Waals surface area contributed by atoms with E-state index >= 15 is 0 Å². The molecule has 1 aromatic heterocycles. The van der Waals surface area contributed by atoms with Gasteiger partial charge in [0.05, 0.1) is 12.6 Å². The highest BCUT2D eigenvalue weighted by molar-refractivity contribution is 7.89. The SMILES string of the molecule is N#CCS(=O)(=O)NCCn1cccn1. The Balaban J connectivity index is 2.32. The maximum atomic E-state index is 11.0. The van der Waals surface area contributed by atoms with E-state index in [1.807, 2.05) is 0 Å². The standard InChI is InChI=1S/C7H10N4O2S/c8-2-7-14(12,13)10-4-6-11-5-1-3-9-11/h1,3,5,10H,4,6-7H2. The van der Waals surface area contributed by atoms with E-state index in [4.69, 9.17) is 5.26 Å². The predicted octanol–water partition coefficient (Wildman–Crippen LogP) is -0.674. The summed E-state index contributed by atoms with van der Waals surface area (Å²) in [5.41, 5.74) is 0. The Morgan fingerprint density at radius 2 is 2.36 bits per heavy atom. The minimum atomic E-state index is -3.44. The summed E-state index contributed by atoms with van der Waals surface area (Å²) in [6.45, 7) is 0.698. The molecule has 0 fully saturated rings. The lowest BCUT2D eigenvalue weighted by molar-refractivity contribution is 0.563. The normalized spacial score (nSPS) is 11.1. The van der Waals surface area contributed by atoms with Gasteiger partial charge < -0.3 is 0 Å². The van der Waals surface area contributed by atoms with E-state index < -0.39 is 15.8 Å². The van der Waals surface area contributed by atoms with Gasteiger partial charge in [0.15, 0.2) is 5.75 Å². The molecule has 0 atom stereocenters. The van der Waals surface area contributed by atoms with Gasteiger partial charge in [-0.3, -0.25) is 4.68 Å². The summed E-state index contributed by atoms with van der Waals surface area (Å²) >= 11 is 0. The Bertz CT molecular complexity index is 403. The molecule has 0 aliphatic heterocycles. The van der Waals surface area contributed by atoms with Crippen LogP contribution in [-0.2, 0) is 16.6 Å². The minimum absolute atomic E-state index is 0.242. The van der Waals surface area contributed by atoms with Crippen LogP contribution in [0.15, 0.2) is 18.5 Å². The minimum Gasteiger partial charge on any atom is -0.271 e. The molecule has 76 valence electrons. The number of hydrogen-bond acceptors (Lipinski definition) is 4. The van der Waals surface area contributed by atoms with Gasteiger partial charge in [-0.25, -0.2) is 13.1 Å². The highest BCUT2D eigenvalue weighted by atomic mass is 32.2. The third-order valence-corrected chi connectivity index (χ3v) is 2.63. The average Bonchev–Trinajstić information content (AvgIpc) is 2.56. The predicted molar refractivity (Wildman–Crippen MR) is 49.6 cm³/mol. The number of aromatic nitrogens is 2. The topological polar surface area (TPSA) is 87.8 Å². The van der Waals surface area contributed by atoms with Crippen LogP contribution in [0.25, 0.3) is 0 Å². The van der Waals surface area contributed by atoms with Crippen molar-refractivity contribution in [1.82, 2.24) is 14.5 Å². The van der Waals surface area contributed by atoms with Crippen LogP contribution in [0.4, 0.5) is 0 Å².